The number of aromatic nitrogens is 1. The van der Waals surface area contributed by atoms with E-state index in [9.17, 15) is 22.9 Å². The molecule has 156 valence electrons. The third-order valence-electron chi connectivity index (χ3n) is 4.41. The zero-order chi connectivity index (χ0) is 22.0. The Morgan fingerprint density at radius 2 is 1.58 bits per heavy atom. The predicted octanol–water partition coefficient (Wildman–Crippen LogP) is 5.33. The van der Waals surface area contributed by atoms with Crippen molar-refractivity contribution in [3.63, 3.8) is 0 Å². The maximum Gasteiger partial charge on any atom is 0.289 e. The van der Waals surface area contributed by atoms with Crippen LogP contribution in [0.25, 0.3) is 21.8 Å². The Morgan fingerprint density at radius 1 is 0.935 bits per heavy atom. The number of thiazole rings is 1. The molecule has 0 saturated carbocycles. The zero-order valence-electron chi connectivity index (χ0n) is 15.7. The second-order valence-corrected chi connectivity index (χ2v) is 8.90. The summed E-state index contributed by atoms with van der Waals surface area (Å²) < 4.78 is 42.3. The Balaban J connectivity index is 1.73. The van der Waals surface area contributed by atoms with Crippen molar-refractivity contribution in [1.29, 1.82) is 0 Å². The number of sulfonamides is 1. The molecule has 0 aliphatic heterocycles. The fraction of sp³-hybridized carbons (Fsp3) is 0. The van der Waals surface area contributed by atoms with E-state index in [1.54, 1.807) is 41.8 Å². The van der Waals surface area contributed by atoms with E-state index >= 15 is 0 Å². The molecular weight excluding hydrogens is 441 g/mol. The summed E-state index contributed by atoms with van der Waals surface area (Å²) in [6, 6.07) is 17.9. The largest absolute Gasteiger partial charge is 0.289 e. The maximum atomic E-state index is 14.1. The SMILES string of the molecule is O=[N+]([O-])c1ccccc1S(=O)(=O)Nc1ccccc1-c1csc(-c2ccccc2F)n1. The Labute approximate surface area is 181 Å². The molecule has 3 aromatic carbocycles. The lowest BCUT2D eigenvalue weighted by Crippen LogP contribution is -2.15. The van der Waals surface area contributed by atoms with Crippen molar-refractivity contribution in [2.24, 2.45) is 0 Å². The number of anilines is 1. The third-order valence-corrected chi connectivity index (χ3v) is 6.70. The minimum Gasteiger partial charge on any atom is -0.279 e. The number of halogens is 1. The number of nitro groups is 1. The minimum absolute atomic E-state index is 0.200. The van der Waals surface area contributed by atoms with Gasteiger partial charge in [-0.05, 0) is 24.3 Å². The van der Waals surface area contributed by atoms with Crippen LogP contribution in [0, 0.1) is 15.9 Å². The second kappa shape index (κ2) is 8.25. The first kappa shape index (κ1) is 20.6. The molecule has 0 atom stereocenters. The fourth-order valence-electron chi connectivity index (χ4n) is 2.99. The Hall–Kier alpha value is -3.63. The summed E-state index contributed by atoms with van der Waals surface area (Å²) in [5.74, 6) is -0.409. The highest BCUT2D eigenvalue weighted by Gasteiger charge is 2.26. The molecule has 4 aromatic rings. The summed E-state index contributed by atoms with van der Waals surface area (Å²) >= 11 is 1.22. The highest BCUT2D eigenvalue weighted by Crippen LogP contribution is 2.35. The lowest BCUT2D eigenvalue weighted by molar-refractivity contribution is -0.387. The van der Waals surface area contributed by atoms with E-state index in [1.165, 1.54) is 41.7 Å². The number of hydrogen-bond donors (Lipinski definition) is 1. The van der Waals surface area contributed by atoms with E-state index in [1.807, 2.05) is 0 Å². The van der Waals surface area contributed by atoms with E-state index in [2.05, 4.69) is 9.71 Å². The number of nitrogens with one attached hydrogen (secondary N) is 1. The average molecular weight is 455 g/mol. The van der Waals surface area contributed by atoms with Gasteiger partial charge in [0.2, 0.25) is 0 Å². The molecule has 0 unspecified atom stereocenters. The monoisotopic (exact) mass is 455 g/mol. The van der Waals surface area contributed by atoms with Gasteiger partial charge in [0.15, 0.2) is 4.90 Å². The van der Waals surface area contributed by atoms with E-state index in [4.69, 9.17) is 0 Å². The molecule has 0 fully saturated rings. The van der Waals surface area contributed by atoms with E-state index < -0.39 is 31.3 Å². The molecule has 1 aromatic heterocycles. The quantitative estimate of drug-likeness (QED) is 0.313. The zero-order valence-corrected chi connectivity index (χ0v) is 17.4. The summed E-state index contributed by atoms with van der Waals surface area (Å²) in [4.78, 5) is 14.5. The molecule has 0 radical (unpaired) electrons. The van der Waals surface area contributed by atoms with E-state index in [0.717, 1.165) is 6.07 Å². The number of para-hydroxylation sites is 2. The van der Waals surface area contributed by atoms with Crippen molar-refractivity contribution in [3.8, 4) is 21.8 Å². The molecule has 10 heteroatoms. The normalized spacial score (nSPS) is 11.3. The van der Waals surface area contributed by atoms with Crippen molar-refractivity contribution in [2.75, 3.05) is 4.72 Å². The molecule has 31 heavy (non-hydrogen) atoms. The maximum absolute atomic E-state index is 14.1. The number of benzene rings is 3. The van der Waals surface area contributed by atoms with Crippen LogP contribution in [0.1, 0.15) is 0 Å². The first-order chi connectivity index (χ1) is 14.9. The number of rotatable bonds is 6. The highest BCUT2D eigenvalue weighted by atomic mass is 32.2. The van der Waals surface area contributed by atoms with E-state index in [0.29, 0.717) is 21.8 Å². The van der Waals surface area contributed by atoms with Gasteiger partial charge >= 0.3 is 0 Å². The van der Waals surface area contributed by atoms with Gasteiger partial charge in [-0.2, -0.15) is 0 Å². The first-order valence-electron chi connectivity index (χ1n) is 8.93. The fourth-order valence-corrected chi connectivity index (χ4v) is 5.09. The second-order valence-electron chi connectivity index (χ2n) is 6.39. The molecule has 0 spiro atoms. The molecule has 0 aliphatic carbocycles. The van der Waals surface area contributed by atoms with Gasteiger partial charge in [0.1, 0.15) is 10.8 Å². The van der Waals surface area contributed by atoms with Gasteiger partial charge in [-0.15, -0.1) is 11.3 Å². The molecule has 0 saturated heterocycles. The summed E-state index contributed by atoms with van der Waals surface area (Å²) in [5, 5.41) is 13.4. The third kappa shape index (κ3) is 4.16. The molecule has 1 heterocycles. The van der Waals surface area contributed by atoms with Crippen LogP contribution in [0.4, 0.5) is 15.8 Å². The van der Waals surface area contributed by atoms with Crippen molar-refractivity contribution in [2.45, 2.75) is 4.90 Å². The lowest BCUT2D eigenvalue weighted by Gasteiger charge is -2.11. The average Bonchev–Trinajstić information content (AvgIpc) is 3.24. The number of nitro benzene ring substituents is 1. The van der Waals surface area contributed by atoms with Gasteiger partial charge in [0.05, 0.1) is 16.3 Å². The standard InChI is InChI=1S/C21H14FN3O4S2/c22-16-9-3-1-7-14(16)21-23-18(13-30-21)15-8-2-4-10-17(15)24-31(28,29)20-12-6-5-11-19(20)25(26)27/h1-13,24H. The van der Waals surface area contributed by atoms with Crippen LogP contribution in [-0.2, 0) is 10.0 Å². The molecule has 4 rings (SSSR count). The van der Waals surface area contributed by atoms with Crippen LogP contribution in [0.15, 0.2) is 83.1 Å². The first-order valence-corrected chi connectivity index (χ1v) is 11.3. The Bertz CT molecular complexity index is 1390. The summed E-state index contributed by atoms with van der Waals surface area (Å²) in [6.07, 6.45) is 0. The highest BCUT2D eigenvalue weighted by molar-refractivity contribution is 7.92. The van der Waals surface area contributed by atoms with Crippen molar-refractivity contribution >= 4 is 32.7 Å². The molecule has 0 amide bonds. The molecule has 0 bridgehead atoms. The summed E-state index contributed by atoms with van der Waals surface area (Å²) in [5.41, 5.74) is 0.929. The van der Waals surface area contributed by atoms with Crippen molar-refractivity contribution in [3.05, 3.63) is 94.1 Å². The van der Waals surface area contributed by atoms with Crippen molar-refractivity contribution in [1.82, 2.24) is 4.98 Å². The predicted molar refractivity (Wildman–Crippen MR) is 117 cm³/mol. The molecular formula is C21H14FN3O4S2. The van der Waals surface area contributed by atoms with E-state index in [-0.39, 0.29) is 5.69 Å². The summed E-state index contributed by atoms with van der Waals surface area (Å²) in [6.45, 7) is 0. The van der Waals surface area contributed by atoms with Gasteiger partial charge in [-0.25, -0.2) is 17.8 Å². The molecule has 1 N–H and O–H groups in total. The smallest absolute Gasteiger partial charge is 0.279 e. The van der Waals surface area contributed by atoms with Crippen LogP contribution in [0.5, 0.6) is 0 Å². The number of nitrogens with zero attached hydrogens (tertiary/aromatic N) is 2. The van der Waals surface area contributed by atoms with Gasteiger partial charge in [-0.1, -0.05) is 42.5 Å². The molecule has 7 nitrogen and oxygen atoms in total. The van der Waals surface area contributed by atoms with Crippen LogP contribution in [0.2, 0.25) is 0 Å². The Morgan fingerprint density at radius 3 is 2.32 bits per heavy atom. The van der Waals surface area contributed by atoms with Gasteiger partial charge in [0.25, 0.3) is 15.7 Å². The topological polar surface area (TPSA) is 102 Å². The van der Waals surface area contributed by atoms with Crippen LogP contribution in [-0.4, -0.2) is 18.3 Å². The minimum atomic E-state index is -4.25. The Kier molecular flexibility index (Phi) is 5.49. The van der Waals surface area contributed by atoms with Crippen LogP contribution < -0.4 is 4.72 Å². The van der Waals surface area contributed by atoms with Crippen LogP contribution in [0.3, 0.4) is 0 Å². The van der Waals surface area contributed by atoms with Gasteiger partial charge in [0, 0.05) is 22.6 Å². The molecule has 0 aliphatic rings. The van der Waals surface area contributed by atoms with Crippen molar-refractivity contribution < 1.29 is 17.7 Å². The van der Waals surface area contributed by atoms with Crippen LogP contribution >= 0.6 is 11.3 Å². The number of hydrogen-bond acceptors (Lipinski definition) is 6. The summed E-state index contributed by atoms with van der Waals surface area (Å²) in [7, 11) is -4.25. The van der Waals surface area contributed by atoms with Gasteiger partial charge in [-0.3, -0.25) is 14.8 Å². The lowest BCUT2D eigenvalue weighted by atomic mass is 10.1. The van der Waals surface area contributed by atoms with Gasteiger partial charge < -0.3 is 0 Å².